The molecule has 2 amide bonds. The zero-order valence-corrected chi connectivity index (χ0v) is 34.3. The van der Waals surface area contributed by atoms with Crippen molar-refractivity contribution >= 4 is 67.8 Å². The Balaban J connectivity index is 1.12. The monoisotopic (exact) mass is 802 g/mol. The Hall–Kier alpha value is -4.92. The number of rotatable bonds is 14. The van der Waals surface area contributed by atoms with E-state index in [4.69, 9.17) is 16.3 Å². The van der Waals surface area contributed by atoms with Gasteiger partial charge in [0.25, 0.3) is 0 Å². The summed E-state index contributed by atoms with van der Waals surface area (Å²) < 4.78 is 32.5. The van der Waals surface area contributed by atoms with E-state index in [-0.39, 0.29) is 39.6 Å². The smallest absolute Gasteiger partial charge is 0.249 e. The van der Waals surface area contributed by atoms with Crippen molar-refractivity contribution in [3.63, 3.8) is 0 Å². The van der Waals surface area contributed by atoms with E-state index in [1.807, 2.05) is 32.0 Å². The lowest BCUT2D eigenvalue weighted by Gasteiger charge is -2.38. The molecule has 56 heavy (non-hydrogen) atoms. The molecule has 1 aromatic heterocycles. The summed E-state index contributed by atoms with van der Waals surface area (Å²) in [6.07, 6.45) is 4.17. The third-order valence-electron chi connectivity index (χ3n) is 10.1. The third kappa shape index (κ3) is 9.71. The van der Waals surface area contributed by atoms with E-state index in [1.165, 1.54) is 6.20 Å². The van der Waals surface area contributed by atoms with Crippen molar-refractivity contribution in [3.05, 3.63) is 83.0 Å². The quantitative estimate of drug-likeness (QED) is 0.0952. The summed E-state index contributed by atoms with van der Waals surface area (Å²) in [4.78, 5) is 37.8. The molecule has 13 nitrogen and oxygen atoms in total. The van der Waals surface area contributed by atoms with Crippen molar-refractivity contribution in [3.8, 4) is 5.75 Å². The molecule has 2 aliphatic heterocycles. The highest BCUT2D eigenvalue weighted by atomic mass is 35.5. The van der Waals surface area contributed by atoms with Crippen LogP contribution in [0, 0.1) is 6.92 Å². The molecule has 2 fully saturated rings. The highest BCUT2D eigenvalue weighted by Gasteiger charge is 2.28. The molecule has 0 aliphatic carbocycles. The molecule has 3 aromatic carbocycles. The standard InChI is InChI=1S/C41H51ClN8O5S/c1-25(2)55-36-22-35(50-18-16-30(17-19-50)49(6)24-28-10-9-11-29(21-28)44-33-14-15-38(51)47-40(33)52)27(5)20-34(36)46-41-43-23-31(42)39(48-41)45-32-12-7-8-13-37(32)56(53,54)26(3)4/h7-13,20-23,25-26,30,33,44H,14-19,24H2,1-6H3,(H,47,51,52)(H2,43,45,46,48). The van der Waals surface area contributed by atoms with Gasteiger partial charge in [-0.1, -0.05) is 35.9 Å². The first-order chi connectivity index (χ1) is 26.7. The van der Waals surface area contributed by atoms with Crippen LogP contribution in [0.15, 0.2) is 71.8 Å². The van der Waals surface area contributed by atoms with Gasteiger partial charge in [-0.2, -0.15) is 4.98 Å². The number of anilines is 6. The Bertz CT molecular complexity index is 2170. The van der Waals surface area contributed by atoms with Crippen LogP contribution < -0.4 is 30.9 Å². The molecule has 0 spiro atoms. The fourth-order valence-corrected chi connectivity index (χ4v) is 8.40. The molecule has 1 unspecified atom stereocenters. The average Bonchev–Trinajstić information content (AvgIpc) is 3.15. The predicted molar refractivity (Wildman–Crippen MR) is 222 cm³/mol. The van der Waals surface area contributed by atoms with Crippen molar-refractivity contribution in [2.24, 2.45) is 0 Å². The number of carbonyl (C=O) groups excluding carboxylic acids is 2. The van der Waals surface area contributed by atoms with Gasteiger partial charge in [0.05, 0.1) is 33.8 Å². The van der Waals surface area contributed by atoms with Crippen molar-refractivity contribution in [2.45, 2.75) is 95.2 Å². The van der Waals surface area contributed by atoms with E-state index in [9.17, 15) is 18.0 Å². The second kappa shape index (κ2) is 17.5. The molecule has 4 aromatic rings. The van der Waals surface area contributed by atoms with Gasteiger partial charge in [0, 0.05) is 49.5 Å². The normalized spacial score (nSPS) is 16.7. The van der Waals surface area contributed by atoms with Gasteiger partial charge < -0.3 is 25.6 Å². The summed E-state index contributed by atoms with van der Waals surface area (Å²) in [5, 5.41) is 11.8. The first-order valence-electron chi connectivity index (χ1n) is 19.0. The number of nitrogens with zero attached hydrogens (tertiary/aromatic N) is 4. The van der Waals surface area contributed by atoms with Gasteiger partial charge in [-0.05, 0) is 102 Å². The number of piperidine rings is 2. The fourth-order valence-electron chi connectivity index (χ4n) is 7.06. The molecule has 298 valence electrons. The lowest BCUT2D eigenvalue weighted by atomic mass is 10.0. The Morgan fingerprint density at radius 2 is 1.73 bits per heavy atom. The molecule has 0 radical (unpaired) electrons. The van der Waals surface area contributed by atoms with Crippen molar-refractivity contribution in [1.82, 2.24) is 20.2 Å². The number of aromatic nitrogens is 2. The van der Waals surface area contributed by atoms with Gasteiger partial charge in [0.15, 0.2) is 15.7 Å². The largest absolute Gasteiger partial charge is 0.489 e. The van der Waals surface area contributed by atoms with Gasteiger partial charge in [0.1, 0.15) is 16.8 Å². The number of ether oxygens (including phenoxy) is 1. The summed E-state index contributed by atoms with van der Waals surface area (Å²) in [5.41, 5.74) is 5.25. The van der Waals surface area contributed by atoms with E-state index < -0.39 is 21.1 Å². The summed E-state index contributed by atoms with van der Waals surface area (Å²) in [6.45, 7) is 11.9. The number of hydrogen-bond acceptors (Lipinski definition) is 12. The number of amides is 2. The minimum atomic E-state index is -3.57. The topological polar surface area (TPSA) is 158 Å². The van der Waals surface area contributed by atoms with Crippen molar-refractivity contribution in [2.75, 3.05) is 41.0 Å². The summed E-state index contributed by atoms with van der Waals surface area (Å²) in [7, 11) is -1.41. The molecule has 1 atom stereocenters. The van der Waals surface area contributed by atoms with Crippen LogP contribution in [-0.4, -0.2) is 78.7 Å². The summed E-state index contributed by atoms with van der Waals surface area (Å²) >= 11 is 6.51. The van der Waals surface area contributed by atoms with Crippen LogP contribution in [0.2, 0.25) is 5.02 Å². The number of nitrogens with one attached hydrogen (secondary N) is 4. The Morgan fingerprint density at radius 1 is 0.982 bits per heavy atom. The van der Waals surface area contributed by atoms with Gasteiger partial charge in [-0.3, -0.25) is 19.8 Å². The van der Waals surface area contributed by atoms with Crippen LogP contribution in [0.5, 0.6) is 5.75 Å². The number of halogens is 1. The molecular formula is C41H51ClN8O5S. The highest BCUT2D eigenvalue weighted by Crippen LogP contribution is 2.38. The molecule has 4 N–H and O–H groups in total. The van der Waals surface area contributed by atoms with Gasteiger partial charge >= 0.3 is 0 Å². The van der Waals surface area contributed by atoms with Crippen LogP contribution in [0.25, 0.3) is 0 Å². The number of sulfone groups is 1. The Labute approximate surface area is 334 Å². The predicted octanol–water partition coefficient (Wildman–Crippen LogP) is 7.21. The molecule has 2 aliphatic rings. The second-order valence-corrected chi connectivity index (χ2v) is 17.9. The van der Waals surface area contributed by atoms with Crippen LogP contribution >= 0.6 is 11.6 Å². The maximum Gasteiger partial charge on any atom is 0.249 e. The van der Waals surface area contributed by atoms with E-state index in [0.717, 1.165) is 55.0 Å². The van der Waals surface area contributed by atoms with E-state index in [2.05, 4.69) is 73.2 Å². The minimum absolute atomic E-state index is 0.0917. The van der Waals surface area contributed by atoms with Crippen LogP contribution in [0.3, 0.4) is 0 Å². The molecular weight excluding hydrogens is 752 g/mol. The highest BCUT2D eigenvalue weighted by molar-refractivity contribution is 7.92. The van der Waals surface area contributed by atoms with Gasteiger partial charge in [0.2, 0.25) is 17.8 Å². The SMILES string of the molecule is Cc1cc(Nc2ncc(Cl)c(Nc3ccccc3S(=O)(=O)C(C)C)n2)c(OC(C)C)cc1N1CCC(N(C)Cc2cccc(NC3CCC(=O)NC3=O)c2)CC1. The number of carbonyl (C=O) groups is 2. The maximum absolute atomic E-state index is 13.1. The number of benzene rings is 3. The molecule has 15 heteroatoms. The molecule has 0 saturated carbocycles. The fraction of sp³-hybridized carbons (Fsp3) is 0.415. The molecule has 0 bridgehead atoms. The molecule has 6 rings (SSSR count). The summed E-state index contributed by atoms with van der Waals surface area (Å²) in [6, 6.07) is 18.9. The summed E-state index contributed by atoms with van der Waals surface area (Å²) in [5.74, 6) is 0.688. The first kappa shape index (κ1) is 40.7. The third-order valence-corrected chi connectivity index (χ3v) is 12.6. The van der Waals surface area contributed by atoms with Crippen molar-refractivity contribution < 1.29 is 22.7 Å². The molecule has 2 saturated heterocycles. The Kier molecular flexibility index (Phi) is 12.7. The number of imide groups is 1. The van der Waals surface area contributed by atoms with Crippen LogP contribution in [0.1, 0.15) is 64.5 Å². The lowest BCUT2D eigenvalue weighted by molar-refractivity contribution is -0.133. The van der Waals surface area contributed by atoms with E-state index in [0.29, 0.717) is 36.0 Å². The van der Waals surface area contributed by atoms with E-state index in [1.54, 1.807) is 38.1 Å². The number of para-hydroxylation sites is 1. The van der Waals surface area contributed by atoms with Gasteiger partial charge in [-0.15, -0.1) is 0 Å². The average molecular weight is 803 g/mol. The maximum atomic E-state index is 13.1. The number of aryl methyl sites for hydroxylation is 1. The van der Waals surface area contributed by atoms with Crippen LogP contribution in [0.4, 0.5) is 34.5 Å². The minimum Gasteiger partial charge on any atom is -0.489 e. The zero-order valence-electron chi connectivity index (χ0n) is 32.7. The van der Waals surface area contributed by atoms with Gasteiger partial charge in [-0.25, -0.2) is 13.4 Å². The van der Waals surface area contributed by atoms with Crippen LogP contribution in [-0.2, 0) is 26.0 Å². The van der Waals surface area contributed by atoms with Crippen molar-refractivity contribution in [1.29, 1.82) is 0 Å². The molecule has 3 heterocycles. The van der Waals surface area contributed by atoms with E-state index >= 15 is 0 Å². The zero-order chi connectivity index (χ0) is 40.1. The number of hydrogen-bond donors (Lipinski definition) is 4. The Morgan fingerprint density at radius 3 is 2.45 bits per heavy atom. The first-order valence-corrected chi connectivity index (χ1v) is 21.0. The lowest BCUT2D eigenvalue weighted by Crippen LogP contribution is -2.47. The second-order valence-electron chi connectivity index (χ2n) is 15.0.